The molecule has 1 fully saturated rings. The van der Waals surface area contributed by atoms with Crippen LogP contribution in [0.25, 0.3) is 0 Å². The number of anilines is 1. The quantitative estimate of drug-likeness (QED) is 0.277. The van der Waals surface area contributed by atoms with Gasteiger partial charge in [0.1, 0.15) is 18.3 Å². The number of para-hydroxylation sites is 1. The van der Waals surface area contributed by atoms with Gasteiger partial charge in [0, 0.05) is 17.7 Å². The number of carboxylic acid groups (broad SMARTS) is 1. The standard InChI is InChI=1S/C32H29N3O4/c36-28(37)21-33-29(38)27-20-31(39)25-18-10-11-19-26(25)34-30(31)35(27)32(22-12-4-1-5-13-22,23-14-6-2-7-15-23)24-16-8-3-9-17-24/h1-19,27,30,34,39H,20-21H2,(H,33,38)(H,36,37)/t27-,30?,31?/m0/s1. The number of hydrogen-bond acceptors (Lipinski definition) is 5. The molecule has 1 saturated heterocycles. The SMILES string of the molecule is O=C(O)CNC(=O)[C@@H]1CC2(O)c3ccccc3NC2N1C(c1ccccc1)(c1ccccc1)c1ccccc1. The molecule has 4 aromatic rings. The van der Waals surface area contributed by atoms with Crippen LogP contribution in [0, 0.1) is 0 Å². The number of rotatable bonds is 7. The summed E-state index contributed by atoms with van der Waals surface area (Å²) in [6.45, 7) is -0.509. The van der Waals surface area contributed by atoms with Gasteiger partial charge in [0.25, 0.3) is 0 Å². The molecule has 0 aromatic heterocycles. The highest BCUT2D eigenvalue weighted by Gasteiger charge is 2.64. The van der Waals surface area contributed by atoms with Crippen molar-refractivity contribution >= 4 is 17.6 Å². The highest BCUT2D eigenvalue weighted by molar-refractivity contribution is 5.87. The van der Waals surface area contributed by atoms with Gasteiger partial charge in [0.05, 0.1) is 11.6 Å². The number of nitrogens with zero attached hydrogens (tertiary/aromatic N) is 1. The molecule has 0 aliphatic carbocycles. The summed E-state index contributed by atoms with van der Waals surface area (Å²) in [5, 5.41) is 27.8. The number of nitrogens with one attached hydrogen (secondary N) is 2. The highest BCUT2D eigenvalue weighted by Crippen LogP contribution is 2.56. The van der Waals surface area contributed by atoms with Gasteiger partial charge in [-0.3, -0.25) is 14.5 Å². The van der Waals surface area contributed by atoms with Gasteiger partial charge in [-0.1, -0.05) is 109 Å². The molecule has 1 amide bonds. The fraction of sp³-hybridized carbons (Fsp3) is 0.188. The predicted octanol–water partition coefficient (Wildman–Crippen LogP) is 3.89. The smallest absolute Gasteiger partial charge is 0.322 e. The first kappa shape index (κ1) is 24.9. The van der Waals surface area contributed by atoms with Crippen molar-refractivity contribution in [1.29, 1.82) is 0 Å². The third-order valence-electron chi connectivity index (χ3n) is 7.94. The number of fused-ring (bicyclic) bond motifs is 3. The molecule has 6 rings (SSSR count). The number of carbonyl (C=O) groups is 2. The molecule has 7 heteroatoms. The van der Waals surface area contributed by atoms with E-state index in [1.165, 1.54) is 0 Å². The Bertz CT molecular complexity index is 1400. The second-order valence-electron chi connectivity index (χ2n) is 10.1. The lowest BCUT2D eigenvalue weighted by Gasteiger charge is -2.48. The number of likely N-dealkylation sites (tertiary alicyclic amines) is 1. The van der Waals surface area contributed by atoms with Crippen molar-refractivity contribution in [2.24, 2.45) is 0 Å². The van der Waals surface area contributed by atoms with Crippen LogP contribution in [0.2, 0.25) is 0 Å². The zero-order valence-electron chi connectivity index (χ0n) is 21.2. The van der Waals surface area contributed by atoms with Crippen molar-refractivity contribution in [3.63, 3.8) is 0 Å². The van der Waals surface area contributed by atoms with Gasteiger partial charge in [-0.2, -0.15) is 0 Å². The summed E-state index contributed by atoms with van der Waals surface area (Å²) in [5.41, 5.74) is 1.87. The summed E-state index contributed by atoms with van der Waals surface area (Å²) in [4.78, 5) is 27.3. The molecule has 2 aliphatic rings. The molecule has 4 N–H and O–H groups in total. The second kappa shape index (κ2) is 9.69. The molecule has 0 saturated carbocycles. The lowest BCUT2D eigenvalue weighted by atomic mass is 9.74. The molecule has 2 unspecified atom stereocenters. The maximum absolute atomic E-state index is 13.8. The summed E-state index contributed by atoms with van der Waals surface area (Å²) in [7, 11) is 0. The van der Waals surface area contributed by atoms with Crippen LogP contribution in [0.5, 0.6) is 0 Å². The molecule has 4 aromatic carbocycles. The molecule has 0 spiro atoms. The van der Waals surface area contributed by atoms with Gasteiger partial charge < -0.3 is 20.8 Å². The minimum Gasteiger partial charge on any atom is -0.480 e. The van der Waals surface area contributed by atoms with Crippen LogP contribution in [-0.2, 0) is 20.7 Å². The van der Waals surface area contributed by atoms with Gasteiger partial charge in [-0.25, -0.2) is 0 Å². The lowest BCUT2D eigenvalue weighted by Crippen LogP contribution is -2.60. The number of aliphatic hydroxyl groups is 1. The fourth-order valence-electron chi connectivity index (χ4n) is 6.41. The number of aliphatic carboxylic acids is 1. The maximum Gasteiger partial charge on any atom is 0.322 e. The van der Waals surface area contributed by atoms with Crippen molar-refractivity contribution < 1.29 is 19.8 Å². The van der Waals surface area contributed by atoms with Crippen LogP contribution < -0.4 is 10.6 Å². The average molecular weight is 520 g/mol. The molecule has 39 heavy (non-hydrogen) atoms. The van der Waals surface area contributed by atoms with Gasteiger partial charge in [-0.15, -0.1) is 0 Å². The van der Waals surface area contributed by atoms with E-state index in [9.17, 15) is 19.8 Å². The van der Waals surface area contributed by atoms with E-state index in [1.54, 1.807) is 0 Å². The third kappa shape index (κ3) is 3.90. The van der Waals surface area contributed by atoms with Crippen LogP contribution in [0.15, 0.2) is 115 Å². The summed E-state index contributed by atoms with van der Waals surface area (Å²) < 4.78 is 0. The van der Waals surface area contributed by atoms with E-state index in [0.29, 0.717) is 0 Å². The van der Waals surface area contributed by atoms with E-state index in [4.69, 9.17) is 0 Å². The van der Waals surface area contributed by atoms with Crippen LogP contribution >= 0.6 is 0 Å². The third-order valence-corrected chi connectivity index (χ3v) is 7.94. The van der Waals surface area contributed by atoms with E-state index < -0.39 is 41.8 Å². The van der Waals surface area contributed by atoms with Crippen LogP contribution in [-0.4, -0.2) is 45.7 Å². The predicted molar refractivity (Wildman–Crippen MR) is 148 cm³/mol. The number of hydrogen-bond donors (Lipinski definition) is 4. The summed E-state index contributed by atoms with van der Waals surface area (Å²) >= 11 is 0. The molecule has 3 atom stereocenters. The van der Waals surface area contributed by atoms with Crippen molar-refractivity contribution in [1.82, 2.24) is 10.2 Å². The number of benzene rings is 4. The Morgan fingerprint density at radius 1 is 0.821 bits per heavy atom. The van der Waals surface area contributed by atoms with Crippen LogP contribution in [0.4, 0.5) is 5.69 Å². The lowest BCUT2D eigenvalue weighted by molar-refractivity contribution is -0.139. The first-order valence-electron chi connectivity index (χ1n) is 13.0. The van der Waals surface area contributed by atoms with Gasteiger partial charge in [-0.05, 0) is 22.8 Å². The second-order valence-corrected chi connectivity index (χ2v) is 10.1. The monoisotopic (exact) mass is 519 g/mol. The van der Waals surface area contributed by atoms with Crippen LogP contribution in [0.1, 0.15) is 28.7 Å². The first-order chi connectivity index (χ1) is 19.0. The number of carboxylic acids is 1. The van der Waals surface area contributed by atoms with Crippen molar-refractivity contribution in [3.05, 3.63) is 138 Å². The Morgan fingerprint density at radius 2 is 1.31 bits per heavy atom. The van der Waals surface area contributed by atoms with E-state index in [-0.39, 0.29) is 6.42 Å². The maximum atomic E-state index is 13.8. The average Bonchev–Trinajstić information content (AvgIpc) is 3.43. The van der Waals surface area contributed by atoms with Crippen molar-refractivity contribution in [2.45, 2.75) is 29.8 Å². The molecule has 2 aliphatic heterocycles. The minimum atomic E-state index is -1.40. The van der Waals surface area contributed by atoms with E-state index in [2.05, 4.69) is 10.6 Å². The fourth-order valence-corrected chi connectivity index (χ4v) is 6.41. The van der Waals surface area contributed by atoms with Crippen LogP contribution in [0.3, 0.4) is 0 Å². The molecule has 0 bridgehead atoms. The minimum absolute atomic E-state index is 0.0847. The highest BCUT2D eigenvalue weighted by atomic mass is 16.4. The van der Waals surface area contributed by atoms with Crippen molar-refractivity contribution in [2.75, 3.05) is 11.9 Å². The molecule has 2 heterocycles. The molecule has 7 nitrogen and oxygen atoms in total. The van der Waals surface area contributed by atoms with Gasteiger partial charge in [0.15, 0.2) is 0 Å². The van der Waals surface area contributed by atoms with Gasteiger partial charge >= 0.3 is 5.97 Å². The first-order valence-corrected chi connectivity index (χ1v) is 13.0. The topological polar surface area (TPSA) is 102 Å². The Kier molecular flexibility index (Phi) is 6.17. The largest absolute Gasteiger partial charge is 0.480 e. The Balaban J connectivity index is 1.65. The molecule has 196 valence electrons. The summed E-state index contributed by atoms with van der Waals surface area (Å²) in [6, 6.07) is 36.6. The van der Waals surface area contributed by atoms with E-state index >= 15 is 0 Å². The van der Waals surface area contributed by atoms with Gasteiger partial charge in [0.2, 0.25) is 5.91 Å². The number of carbonyl (C=O) groups excluding carboxylic acids is 1. The van der Waals surface area contributed by atoms with Crippen molar-refractivity contribution in [3.8, 4) is 0 Å². The zero-order chi connectivity index (χ0) is 27.0. The number of amides is 1. The Hall–Kier alpha value is -4.46. The van der Waals surface area contributed by atoms with E-state index in [1.807, 2.05) is 120 Å². The molecule has 0 radical (unpaired) electrons. The summed E-state index contributed by atoms with van der Waals surface area (Å²) in [5.74, 6) is -1.58. The van der Waals surface area contributed by atoms with E-state index in [0.717, 1.165) is 27.9 Å². The normalized spacial score (nSPS) is 22.0. The molecular weight excluding hydrogens is 490 g/mol. The Labute approximate surface area is 226 Å². The summed E-state index contributed by atoms with van der Waals surface area (Å²) in [6.07, 6.45) is -0.599. The zero-order valence-corrected chi connectivity index (χ0v) is 21.2. The Morgan fingerprint density at radius 3 is 1.82 bits per heavy atom. The molecular formula is C32H29N3O4.